The Bertz CT molecular complexity index is 996. The Hall–Kier alpha value is -1.16. The predicted octanol–water partition coefficient (Wildman–Crippen LogP) is 7.14. The van der Waals surface area contributed by atoms with Crippen molar-refractivity contribution in [2.75, 3.05) is 6.61 Å². The van der Waals surface area contributed by atoms with Gasteiger partial charge in [0.25, 0.3) is 0 Å². The highest BCUT2D eigenvalue weighted by molar-refractivity contribution is 5.83. The van der Waals surface area contributed by atoms with E-state index in [0.29, 0.717) is 23.7 Å². The van der Waals surface area contributed by atoms with E-state index in [-0.39, 0.29) is 52.0 Å². The lowest BCUT2D eigenvalue weighted by Gasteiger charge is -2.71. The molecular formula is C33H52O4. The maximum absolute atomic E-state index is 13.8. The molecule has 0 aliphatic heterocycles. The fourth-order valence-electron chi connectivity index (χ4n) is 11.1. The van der Waals surface area contributed by atoms with Gasteiger partial charge in [-0.25, -0.2) is 0 Å². The fraction of sp³-hybridized carbons (Fsp3) is 0.879. The molecular weight excluding hydrogens is 460 g/mol. The molecule has 208 valence electrons. The molecule has 4 nitrogen and oxygen atoms in total. The number of esters is 1. The molecule has 0 radical (unpaired) electrons. The van der Waals surface area contributed by atoms with Crippen LogP contribution < -0.4 is 0 Å². The Morgan fingerprint density at radius 2 is 1.65 bits per heavy atom. The molecule has 0 heterocycles. The molecule has 0 aromatic rings. The van der Waals surface area contributed by atoms with Crippen molar-refractivity contribution < 1.29 is 19.4 Å². The topological polar surface area (TPSA) is 63.6 Å². The summed E-state index contributed by atoms with van der Waals surface area (Å²) in [6, 6.07) is 0. The summed E-state index contributed by atoms with van der Waals surface area (Å²) in [5.41, 5.74) is 1.46. The maximum Gasteiger partial charge on any atom is 0.313 e. The van der Waals surface area contributed by atoms with E-state index in [1.165, 1.54) is 25.3 Å². The Morgan fingerprint density at radius 1 is 0.946 bits per heavy atom. The van der Waals surface area contributed by atoms with Gasteiger partial charge in [-0.2, -0.15) is 0 Å². The van der Waals surface area contributed by atoms with E-state index in [0.717, 1.165) is 44.9 Å². The first-order valence-corrected chi connectivity index (χ1v) is 15.2. The monoisotopic (exact) mass is 512 g/mol. The van der Waals surface area contributed by atoms with Crippen molar-refractivity contribution in [3.63, 3.8) is 0 Å². The zero-order chi connectivity index (χ0) is 27.2. The average molecular weight is 513 g/mol. The van der Waals surface area contributed by atoms with Crippen LogP contribution in [0.25, 0.3) is 0 Å². The second-order valence-corrected chi connectivity index (χ2v) is 15.5. The van der Waals surface area contributed by atoms with Gasteiger partial charge < -0.3 is 9.84 Å². The molecule has 0 amide bonds. The molecule has 37 heavy (non-hydrogen) atoms. The Balaban J connectivity index is 1.57. The number of hydrogen-bond donors (Lipinski definition) is 1. The van der Waals surface area contributed by atoms with E-state index >= 15 is 0 Å². The summed E-state index contributed by atoms with van der Waals surface area (Å²) in [4.78, 5) is 25.5. The van der Waals surface area contributed by atoms with Gasteiger partial charge in [-0.3, -0.25) is 9.59 Å². The number of allylic oxidation sites excluding steroid dienone is 2. The summed E-state index contributed by atoms with van der Waals surface area (Å²) < 4.78 is 5.71. The number of carbonyl (C=O) groups is 2. The molecule has 0 aromatic carbocycles. The van der Waals surface area contributed by atoms with Crippen LogP contribution in [0, 0.1) is 56.7 Å². The summed E-state index contributed by atoms with van der Waals surface area (Å²) in [6.45, 7) is 18.4. The van der Waals surface area contributed by atoms with Gasteiger partial charge in [0.05, 0.1) is 11.5 Å². The fourth-order valence-corrected chi connectivity index (χ4v) is 11.1. The van der Waals surface area contributed by atoms with E-state index < -0.39 is 5.41 Å². The van der Waals surface area contributed by atoms with E-state index in [4.69, 9.17) is 4.74 Å². The second kappa shape index (κ2) is 8.67. The molecule has 4 heteroatoms. The summed E-state index contributed by atoms with van der Waals surface area (Å²) in [5, 5.41) is 11.0. The van der Waals surface area contributed by atoms with Crippen molar-refractivity contribution in [1.82, 2.24) is 0 Å². The van der Waals surface area contributed by atoms with Crippen molar-refractivity contribution in [3.05, 3.63) is 11.6 Å². The summed E-state index contributed by atoms with van der Waals surface area (Å²) >= 11 is 0. The molecule has 0 aromatic heterocycles. The van der Waals surface area contributed by atoms with Crippen LogP contribution in [0.3, 0.4) is 0 Å². The highest BCUT2D eigenvalue weighted by Gasteiger charge is 2.69. The van der Waals surface area contributed by atoms with Crippen LogP contribution in [0.1, 0.15) is 113 Å². The smallest absolute Gasteiger partial charge is 0.313 e. The van der Waals surface area contributed by atoms with Gasteiger partial charge in [0.1, 0.15) is 6.61 Å². The third kappa shape index (κ3) is 3.55. The van der Waals surface area contributed by atoms with Gasteiger partial charge in [0.15, 0.2) is 5.78 Å². The van der Waals surface area contributed by atoms with Crippen molar-refractivity contribution in [2.45, 2.75) is 119 Å². The van der Waals surface area contributed by atoms with Crippen molar-refractivity contribution in [3.8, 4) is 0 Å². The highest BCUT2D eigenvalue weighted by Crippen LogP contribution is 2.75. The standard InChI is InChI=1S/C33H52O4/c1-20-11-16-33(28(36)37-19-21(2)34)18-17-31(7)23(27(33)22(20)3)9-10-25-30(6)14-13-26(35)29(4,5)24(30)12-15-32(25,31)8/h9,20,22,24-27,35H,10-19H2,1-8H3/t20-,22+,24?,25-,26+,27+,30+,31-,32-,33+/m1/s1. The maximum atomic E-state index is 13.8. The largest absolute Gasteiger partial charge is 0.457 e. The van der Waals surface area contributed by atoms with Crippen LogP contribution in [-0.2, 0) is 14.3 Å². The van der Waals surface area contributed by atoms with Crippen LogP contribution in [-0.4, -0.2) is 29.6 Å². The van der Waals surface area contributed by atoms with Crippen LogP contribution in [0.2, 0.25) is 0 Å². The Morgan fingerprint density at radius 3 is 2.32 bits per heavy atom. The minimum atomic E-state index is -0.492. The van der Waals surface area contributed by atoms with Crippen molar-refractivity contribution in [2.24, 2.45) is 56.7 Å². The third-order valence-corrected chi connectivity index (χ3v) is 13.8. The van der Waals surface area contributed by atoms with Gasteiger partial charge >= 0.3 is 5.97 Å². The number of rotatable bonds is 3. The van der Waals surface area contributed by atoms with Crippen LogP contribution in [0.15, 0.2) is 11.6 Å². The lowest BCUT2D eigenvalue weighted by Crippen LogP contribution is -2.65. The van der Waals surface area contributed by atoms with E-state index in [2.05, 4.69) is 54.5 Å². The molecule has 5 aliphatic rings. The molecule has 0 spiro atoms. The minimum Gasteiger partial charge on any atom is -0.457 e. The van der Waals surface area contributed by atoms with E-state index in [1.54, 1.807) is 0 Å². The number of hydrogen-bond acceptors (Lipinski definition) is 4. The number of carbonyl (C=O) groups excluding carboxylic acids is 2. The van der Waals surface area contributed by atoms with Crippen LogP contribution >= 0.6 is 0 Å². The number of ketones is 1. The van der Waals surface area contributed by atoms with Crippen LogP contribution in [0.4, 0.5) is 0 Å². The van der Waals surface area contributed by atoms with Gasteiger partial charge in [0.2, 0.25) is 0 Å². The van der Waals surface area contributed by atoms with E-state index in [9.17, 15) is 14.7 Å². The normalized spacial score (nSPS) is 50.5. The molecule has 0 bridgehead atoms. The summed E-state index contributed by atoms with van der Waals surface area (Å²) in [5.74, 6) is 2.10. The quantitative estimate of drug-likeness (QED) is 0.322. The number of fused-ring (bicyclic) bond motifs is 7. The summed E-state index contributed by atoms with van der Waals surface area (Å²) in [6.07, 6.45) is 11.7. The SMILES string of the molecule is CC(=O)COC(=O)[C@]12CC[C@@H](C)[C@H](C)[C@H]1C1=CC[C@@H]3[C@@]4(C)CC[C@H](O)C(C)(C)C4CC[C@@]3(C)[C@]1(C)CC2. The molecule has 1 unspecified atom stereocenters. The number of Topliss-reactive ketones (excluding diaryl/α,β-unsaturated/α-hetero) is 1. The first kappa shape index (κ1) is 27.4. The number of aliphatic hydroxyl groups excluding tert-OH is 1. The van der Waals surface area contributed by atoms with Gasteiger partial charge in [-0.05, 0) is 116 Å². The average Bonchev–Trinajstić information content (AvgIpc) is 2.83. The lowest BCUT2D eigenvalue weighted by atomic mass is 9.33. The molecule has 5 rings (SSSR count). The first-order valence-electron chi connectivity index (χ1n) is 15.2. The first-order chi connectivity index (χ1) is 17.1. The van der Waals surface area contributed by atoms with Gasteiger partial charge in [-0.15, -0.1) is 0 Å². The zero-order valence-corrected chi connectivity index (χ0v) is 24.8. The minimum absolute atomic E-state index is 0.0469. The van der Waals surface area contributed by atoms with Gasteiger partial charge in [0, 0.05) is 0 Å². The van der Waals surface area contributed by atoms with Crippen molar-refractivity contribution in [1.29, 1.82) is 0 Å². The Labute approximate surface area is 225 Å². The predicted molar refractivity (Wildman–Crippen MR) is 147 cm³/mol. The molecule has 4 fully saturated rings. The molecule has 1 N–H and O–H groups in total. The highest BCUT2D eigenvalue weighted by atomic mass is 16.5. The molecule has 4 saturated carbocycles. The zero-order valence-electron chi connectivity index (χ0n) is 24.8. The number of aliphatic hydroxyl groups is 1. The lowest BCUT2D eigenvalue weighted by molar-refractivity contribution is -0.207. The van der Waals surface area contributed by atoms with Gasteiger partial charge in [-0.1, -0.05) is 60.1 Å². The molecule has 10 atom stereocenters. The third-order valence-electron chi connectivity index (χ3n) is 13.8. The second-order valence-electron chi connectivity index (χ2n) is 15.5. The molecule has 0 saturated heterocycles. The Kier molecular flexibility index (Phi) is 6.42. The molecule has 5 aliphatic carbocycles. The van der Waals surface area contributed by atoms with E-state index in [1.807, 2.05) is 0 Å². The number of ether oxygens (including phenoxy) is 1. The summed E-state index contributed by atoms with van der Waals surface area (Å²) in [7, 11) is 0. The van der Waals surface area contributed by atoms with Crippen LogP contribution in [0.5, 0.6) is 0 Å². The van der Waals surface area contributed by atoms with Crippen molar-refractivity contribution >= 4 is 11.8 Å².